The van der Waals surface area contributed by atoms with Gasteiger partial charge in [-0.1, -0.05) is 0 Å². The molecule has 43 heteroatoms. The standard InChI is InChI=1S/2C8HF17O3S.Yb/c2*9-1(10,3(13,14)5(17,18)7(21,22)23)2(11,12)4(15,16)6(19,20)8(24,25)29(26,27)28;/h2*(H,26,27,28);/q;;+2/p-2. The van der Waals surface area contributed by atoms with Crippen LogP contribution in [0.1, 0.15) is 0 Å². The molecule has 0 saturated carbocycles. The minimum atomic E-state index is -8.92. The minimum Gasteiger partial charge on any atom is -0.743 e. The van der Waals surface area contributed by atoms with E-state index in [-0.39, 0.29) is 46.9 Å². The Labute approximate surface area is 335 Å². The van der Waals surface area contributed by atoms with Crippen LogP contribution >= 0.6 is 0 Å². The van der Waals surface area contributed by atoms with Crippen molar-refractivity contribution in [3.63, 3.8) is 0 Å². The van der Waals surface area contributed by atoms with Crippen molar-refractivity contribution in [1.29, 1.82) is 0 Å². The van der Waals surface area contributed by atoms with Gasteiger partial charge in [-0.05, 0) is 0 Å². The Bertz CT molecular complexity index is 1600. The van der Waals surface area contributed by atoms with Crippen molar-refractivity contribution in [2.24, 2.45) is 0 Å². The molecule has 0 rings (SSSR count). The Morgan fingerprint density at radius 2 is 0.322 bits per heavy atom. The largest absolute Gasteiger partial charge is 2.00 e. The van der Waals surface area contributed by atoms with Crippen molar-refractivity contribution in [3.8, 4) is 0 Å². The molecule has 0 aromatic rings. The minimum absolute atomic E-state index is 0. The van der Waals surface area contributed by atoms with Gasteiger partial charge >= 0.3 is 141 Å². The smallest absolute Gasteiger partial charge is 0.743 e. The van der Waals surface area contributed by atoms with Gasteiger partial charge in [0.2, 0.25) is 0 Å². The normalized spacial score (nSPS) is 16.6. The average Bonchev–Trinajstić information content (AvgIpc) is 2.93. The van der Waals surface area contributed by atoms with Crippen molar-refractivity contribution in [2.75, 3.05) is 0 Å². The van der Waals surface area contributed by atoms with Gasteiger partial charge in [-0.25, -0.2) is 16.8 Å². The van der Waals surface area contributed by atoms with Gasteiger partial charge in [-0.15, -0.1) is 0 Å². The molecule has 6 nitrogen and oxygen atoms in total. The van der Waals surface area contributed by atoms with Crippen LogP contribution in [0.3, 0.4) is 0 Å². The van der Waals surface area contributed by atoms with Crippen molar-refractivity contribution < 1.29 is 222 Å². The zero-order chi connectivity index (χ0) is 49.0. The van der Waals surface area contributed by atoms with Crippen molar-refractivity contribution in [1.82, 2.24) is 0 Å². The van der Waals surface area contributed by atoms with Gasteiger partial charge < -0.3 is 9.11 Å². The molecule has 0 unspecified atom stereocenters. The average molecular weight is 1170 g/mol. The third-order valence-electron chi connectivity index (χ3n) is 6.01. The van der Waals surface area contributed by atoms with E-state index < -0.39 is 114 Å². The van der Waals surface area contributed by atoms with Crippen LogP contribution in [0.2, 0.25) is 0 Å². The molecule has 0 aromatic carbocycles. The van der Waals surface area contributed by atoms with Crippen LogP contribution < -0.4 is 0 Å². The van der Waals surface area contributed by atoms with E-state index in [9.17, 15) is 175 Å². The molecular weight excluding hydrogens is 1170 g/mol. The second kappa shape index (κ2) is 15.6. The van der Waals surface area contributed by atoms with E-state index in [1.54, 1.807) is 0 Å². The molecule has 0 N–H and O–H groups in total. The van der Waals surface area contributed by atoms with E-state index in [0.29, 0.717) is 0 Å². The van der Waals surface area contributed by atoms with Gasteiger partial charge in [0.25, 0.3) is 0 Å². The predicted molar refractivity (Wildman–Crippen MR) is 101 cm³/mol. The van der Waals surface area contributed by atoms with Crippen LogP contribution in [-0.2, 0) is 20.2 Å². The quantitative estimate of drug-likeness (QED) is 0.127. The van der Waals surface area contributed by atoms with E-state index in [1.165, 1.54) is 0 Å². The summed E-state index contributed by atoms with van der Waals surface area (Å²) in [6.45, 7) is 0. The van der Waals surface area contributed by atoms with E-state index in [0.717, 1.165) is 0 Å². The van der Waals surface area contributed by atoms with Gasteiger partial charge in [0.1, 0.15) is 0 Å². The maximum absolute atomic E-state index is 13.0. The summed E-state index contributed by atoms with van der Waals surface area (Å²) in [7, 11) is -16.3. The number of hydrogen-bond donors (Lipinski definition) is 0. The van der Waals surface area contributed by atoms with E-state index in [4.69, 9.17) is 0 Å². The number of rotatable bonds is 14. The third kappa shape index (κ3) is 8.42. The van der Waals surface area contributed by atoms with Crippen LogP contribution in [-0.4, -0.2) is 120 Å². The van der Waals surface area contributed by atoms with Crippen LogP contribution in [0.15, 0.2) is 0 Å². The van der Waals surface area contributed by atoms with E-state index in [1.807, 2.05) is 0 Å². The fraction of sp³-hybridized carbons (Fsp3) is 1.00. The molecule has 0 aliphatic heterocycles. The molecule has 0 bridgehead atoms. The van der Waals surface area contributed by atoms with Gasteiger partial charge in [0, 0.05) is 0 Å². The summed E-state index contributed by atoms with van der Waals surface area (Å²) in [5, 5.41) is -15.9. The Kier molecular flexibility index (Phi) is 16.5. The summed E-state index contributed by atoms with van der Waals surface area (Å²) in [4.78, 5) is 0. The number of hydrogen-bond acceptors (Lipinski definition) is 6. The topological polar surface area (TPSA) is 114 Å². The Morgan fingerprint density at radius 3 is 0.424 bits per heavy atom. The molecule has 0 saturated heterocycles. The predicted octanol–water partition coefficient (Wildman–Crippen LogP) is 9.00. The molecule has 0 spiro atoms. The zero-order valence-corrected chi connectivity index (χ0v) is 27.7. The molecule has 0 amide bonds. The summed E-state index contributed by atoms with van der Waals surface area (Å²) >= 11 is 0. The molecule has 59 heavy (non-hydrogen) atoms. The first-order valence-electron chi connectivity index (χ1n) is 11.3. The van der Waals surface area contributed by atoms with Crippen molar-refractivity contribution >= 4 is 20.2 Å². The van der Waals surface area contributed by atoms with Crippen molar-refractivity contribution in [3.05, 3.63) is 0 Å². The first kappa shape index (κ1) is 62.3. The van der Waals surface area contributed by atoms with Gasteiger partial charge in [-0.2, -0.15) is 149 Å². The first-order valence-corrected chi connectivity index (χ1v) is 14.2. The molecule has 0 aliphatic carbocycles. The zero-order valence-electron chi connectivity index (χ0n) is 24.4. The molecule has 0 aliphatic rings. The number of halogens is 34. The maximum atomic E-state index is 13.0. The Morgan fingerprint density at radius 1 is 0.220 bits per heavy atom. The molecule has 0 atom stereocenters. The molecule has 0 radical (unpaired) electrons. The second-order valence-electron chi connectivity index (χ2n) is 9.83. The maximum Gasteiger partial charge on any atom is 2.00 e. The molecule has 0 fully saturated rings. The molecular formula is C16F34O6S2Yb. The van der Waals surface area contributed by atoms with Gasteiger partial charge in [-0.3, -0.25) is 0 Å². The third-order valence-corrected chi connectivity index (χ3v) is 7.78. The summed E-state index contributed by atoms with van der Waals surface area (Å²) in [5.41, 5.74) is 0. The SMILES string of the molecule is O=S(=O)([O-])C(F)(F)C(F)(F)C(F)(F)C(F)(F)C(F)(F)C(F)(F)C(F)(F)C(F)(F)F.O=S(=O)([O-])C(F)(F)C(F)(F)C(F)(F)C(F)(F)C(F)(F)C(F)(F)C(F)(F)C(F)(F)F.[Yb+2]. The van der Waals surface area contributed by atoms with E-state index >= 15 is 0 Å². The van der Waals surface area contributed by atoms with Crippen LogP contribution in [0.5, 0.6) is 0 Å². The van der Waals surface area contributed by atoms with Gasteiger partial charge in [0.05, 0.1) is 0 Å². The number of alkyl halides is 34. The van der Waals surface area contributed by atoms with Crippen LogP contribution in [0, 0.1) is 46.9 Å². The summed E-state index contributed by atoms with van der Waals surface area (Å²) in [6, 6.07) is 0. The van der Waals surface area contributed by atoms with Crippen molar-refractivity contribution in [2.45, 2.75) is 93.9 Å². The summed E-state index contributed by atoms with van der Waals surface area (Å²) in [5.74, 6) is -104. The Hall–Kier alpha value is -1.04. The molecule has 364 valence electrons. The summed E-state index contributed by atoms with van der Waals surface area (Å²) < 4.78 is 488. The summed E-state index contributed by atoms with van der Waals surface area (Å²) in [6.07, 6.45) is -15.8. The van der Waals surface area contributed by atoms with E-state index in [2.05, 4.69) is 0 Å². The van der Waals surface area contributed by atoms with Gasteiger partial charge in [0.15, 0.2) is 20.2 Å². The van der Waals surface area contributed by atoms with Crippen LogP contribution in [0.4, 0.5) is 149 Å². The molecule has 0 heterocycles. The first-order chi connectivity index (χ1) is 24.0. The Balaban J connectivity index is -0.00000105. The fourth-order valence-corrected chi connectivity index (χ4v) is 3.50. The molecule has 0 aromatic heterocycles. The second-order valence-corrected chi connectivity index (χ2v) is 12.7. The monoisotopic (exact) mass is 1170 g/mol. The fourth-order valence-electron chi connectivity index (χ4n) is 2.61. The van der Waals surface area contributed by atoms with Crippen LogP contribution in [0.25, 0.3) is 0 Å².